The predicted octanol–water partition coefficient (Wildman–Crippen LogP) is 1.48. The van der Waals surface area contributed by atoms with Crippen LogP contribution in [0, 0.1) is 11.6 Å². The molecule has 1 spiro atoms. The van der Waals surface area contributed by atoms with E-state index in [4.69, 9.17) is 5.11 Å². The standard InChI is InChI=1S/C16H14F2N4O4S/c17-9-2-1-8(11(18)12(9)24)13-20-19-10(27-13)7-22-15(26)21(5-6-23)14(25)16(22)3-4-16/h1-2,23-24H,3-7H2. The molecule has 1 aliphatic heterocycles. The molecule has 2 N–H and O–H groups in total. The fourth-order valence-electron chi connectivity index (χ4n) is 3.17. The molecule has 142 valence electrons. The van der Waals surface area contributed by atoms with Crippen LogP contribution in [-0.2, 0) is 11.3 Å². The zero-order chi connectivity index (χ0) is 19.3. The van der Waals surface area contributed by atoms with E-state index in [2.05, 4.69) is 10.2 Å². The first-order valence-corrected chi connectivity index (χ1v) is 8.95. The Bertz CT molecular complexity index is 946. The minimum Gasteiger partial charge on any atom is -0.503 e. The lowest BCUT2D eigenvalue weighted by Gasteiger charge is -2.19. The van der Waals surface area contributed by atoms with Crippen molar-refractivity contribution in [1.82, 2.24) is 20.0 Å². The SMILES string of the molecule is O=C1N(CCO)C(=O)C2(CC2)N1Cc1nnc(-c2ccc(F)c(O)c2F)s1. The maximum absolute atomic E-state index is 14.1. The summed E-state index contributed by atoms with van der Waals surface area (Å²) < 4.78 is 27.3. The Morgan fingerprint density at radius 3 is 2.63 bits per heavy atom. The highest BCUT2D eigenvalue weighted by atomic mass is 32.1. The number of aliphatic hydroxyl groups is 1. The number of phenolic OH excluding ortho intramolecular Hbond substituents is 1. The molecule has 0 bridgehead atoms. The number of rotatable bonds is 5. The lowest BCUT2D eigenvalue weighted by Crippen LogP contribution is -2.36. The van der Waals surface area contributed by atoms with Gasteiger partial charge in [0.1, 0.15) is 10.5 Å². The fraction of sp³-hybridized carbons (Fsp3) is 0.375. The van der Waals surface area contributed by atoms with E-state index in [9.17, 15) is 23.5 Å². The van der Waals surface area contributed by atoms with Gasteiger partial charge in [0.25, 0.3) is 5.91 Å². The number of nitrogens with zero attached hydrogens (tertiary/aromatic N) is 4. The van der Waals surface area contributed by atoms with E-state index >= 15 is 0 Å². The minimum atomic E-state index is -1.14. The Kier molecular flexibility index (Phi) is 4.07. The third-order valence-electron chi connectivity index (χ3n) is 4.73. The van der Waals surface area contributed by atoms with E-state index in [1.807, 2.05) is 0 Å². The third-order valence-corrected chi connectivity index (χ3v) is 5.67. The maximum Gasteiger partial charge on any atom is 0.328 e. The van der Waals surface area contributed by atoms with Crippen molar-refractivity contribution in [2.24, 2.45) is 0 Å². The first kappa shape index (κ1) is 17.7. The van der Waals surface area contributed by atoms with Gasteiger partial charge >= 0.3 is 6.03 Å². The molecule has 0 atom stereocenters. The van der Waals surface area contributed by atoms with Crippen LogP contribution >= 0.6 is 11.3 Å². The Morgan fingerprint density at radius 1 is 1.22 bits per heavy atom. The summed E-state index contributed by atoms with van der Waals surface area (Å²) in [7, 11) is 0. The van der Waals surface area contributed by atoms with Crippen LogP contribution in [0.5, 0.6) is 5.75 Å². The van der Waals surface area contributed by atoms with Gasteiger partial charge in [-0.15, -0.1) is 10.2 Å². The molecule has 1 saturated carbocycles. The summed E-state index contributed by atoms with van der Waals surface area (Å²) in [4.78, 5) is 27.4. The summed E-state index contributed by atoms with van der Waals surface area (Å²) in [5, 5.41) is 26.7. The molecule has 2 heterocycles. The number of aromatic hydroxyl groups is 1. The number of hydrogen-bond acceptors (Lipinski definition) is 7. The van der Waals surface area contributed by atoms with Gasteiger partial charge in [-0.3, -0.25) is 9.69 Å². The molecule has 2 aliphatic rings. The average Bonchev–Trinajstić information content (AvgIpc) is 3.29. The van der Waals surface area contributed by atoms with E-state index in [0.29, 0.717) is 17.8 Å². The van der Waals surface area contributed by atoms with Crippen LogP contribution in [0.2, 0.25) is 0 Å². The number of hydrogen-bond donors (Lipinski definition) is 2. The molecule has 0 radical (unpaired) electrons. The summed E-state index contributed by atoms with van der Waals surface area (Å²) in [6.07, 6.45) is 1.07. The first-order valence-electron chi connectivity index (χ1n) is 8.13. The minimum absolute atomic E-state index is 0.0129. The van der Waals surface area contributed by atoms with Gasteiger partial charge in [-0.1, -0.05) is 11.3 Å². The van der Waals surface area contributed by atoms with Crippen LogP contribution in [0.4, 0.5) is 13.6 Å². The molecule has 1 saturated heterocycles. The second-order valence-electron chi connectivity index (χ2n) is 6.34. The van der Waals surface area contributed by atoms with Crippen molar-refractivity contribution in [1.29, 1.82) is 0 Å². The number of aliphatic hydroxyl groups excluding tert-OH is 1. The number of halogens is 2. The Labute approximate surface area is 155 Å². The molecule has 4 rings (SSSR count). The molecule has 11 heteroatoms. The lowest BCUT2D eigenvalue weighted by atomic mass is 10.2. The number of carbonyl (C=O) groups is 2. The molecule has 2 aromatic rings. The van der Waals surface area contributed by atoms with Gasteiger partial charge in [0.15, 0.2) is 22.4 Å². The maximum atomic E-state index is 14.1. The van der Waals surface area contributed by atoms with Gasteiger partial charge in [-0.05, 0) is 25.0 Å². The van der Waals surface area contributed by atoms with E-state index in [-0.39, 0.29) is 36.2 Å². The van der Waals surface area contributed by atoms with Crippen molar-refractivity contribution in [2.75, 3.05) is 13.2 Å². The first-order chi connectivity index (χ1) is 12.9. The summed E-state index contributed by atoms with van der Waals surface area (Å²) in [5.74, 6) is -3.65. The number of aromatic nitrogens is 2. The largest absolute Gasteiger partial charge is 0.503 e. The number of phenols is 1. The van der Waals surface area contributed by atoms with Crippen molar-refractivity contribution < 1.29 is 28.6 Å². The molecule has 0 unspecified atom stereocenters. The molecule has 1 aliphatic carbocycles. The van der Waals surface area contributed by atoms with Crippen molar-refractivity contribution in [3.05, 3.63) is 28.8 Å². The molecular weight excluding hydrogens is 382 g/mol. The molecule has 1 aromatic heterocycles. The number of β-amino-alcohol motifs (C(OH)–C–C–N with tert-alkyl or cyclic N) is 1. The highest BCUT2D eigenvalue weighted by Crippen LogP contribution is 2.48. The summed E-state index contributed by atoms with van der Waals surface area (Å²) in [6, 6.07) is 1.56. The van der Waals surface area contributed by atoms with Crippen molar-refractivity contribution >= 4 is 23.3 Å². The zero-order valence-corrected chi connectivity index (χ0v) is 14.7. The topological polar surface area (TPSA) is 107 Å². The summed E-state index contributed by atoms with van der Waals surface area (Å²) >= 11 is 0.979. The van der Waals surface area contributed by atoms with E-state index in [1.54, 1.807) is 0 Å². The van der Waals surface area contributed by atoms with Gasteiger partial charge in [0.2, 0.25) is 0 Å². The van der Waals surface area contributed by atoms with Crippen LogP contribution < -0.4 is 0 Å². The number of urea groups is 1. The van der Waals surface area contributed by atoms with Gasteiger partial charge in [-0.25, -0.2) is 13.6 Å². The van der Waals surface area contributed by atoms with E-state index < -0.39 is 29.0 Å². The lowest BCUT2D eigenvalue weighted by molar-refractivity contribution is -0.129. The van der Waals surface area contributed by atoms with Crippen LogP contribution in [0.1, 0.15) is 17.8 Å². The van der Waals surface area contributed by atoms with Crippen molar-refractivity contribution in [3.63, 3.8) is 0 Å². The Hall–Kier alpha value is -2.66. The third kappa shape index (κ3) is 2.65. The predicted molar refractivity (Wildman–Crippen MR) is 88.6 cm³/mol. The zero-order valence-electron chi connectivity index (χ0n) is 13.9. The fourth-order valence-corrected chi connectivity index (χ4v) is 4.02. The Morgan fingerprint density at radius 2 is 1.96 bits per heavy atom. The number of carbonyl (C=O) groups excluding carboxylic acids is 2. The highest BCUT2D eigenvalue weighted by Gasteiger charge is 2.64. The highest BCUT2D eigenvalue weighted by molar-refractivity contribution is 7.14. The van der Waals surface area contributed by atoms with Gasteiger partial charge in [-0.2, -0.15) is 0 Å². The van der Waals surface area contributed by atoms with Crippen LogP contribution in [0.3, 0.4) is 0 Å². The van der Waals surface area contributed by atoms with Gasteiger partial charge < -0.3 is 15.1 Å². The molecule has 2 fully saturated rings. The molecule has 27 heavy (non-hydrogen) atoms. The summed E-state index contributed by atoms with van der Waals surface area (Å²) in [5.41, 5.74) is -0.998. The van der Waals surface area contributed by atoms with Gasteiger partial charge in [0, 0.05) is 0 Å². The molecule has 1 aromatic carbocycles. The quantitative estimate of drug-likeness (QED) is 0.742. The molecule has 3 amide bonds. The van der Waals surface area contributed by atoms with E-state index in [1.165, 1.54) is 4.90 Å². The van der Waals surface area contributed by atoms with Crippen LogP contribution in [0.25, 0.3) is 10.6 Å². The number of imide groups is 1. The normalized spacial score (nSPS) is 18.0. The monoisotopic (exact) mass is 396 g/mol. The number of amides is 3. The molecular formula is C16H14F2N4O4S. The number of benzene rings is 1. The summed E-state index contributed by atoms with van der Waals surface area (Å²) in [6.45, 7) is -0.381. The second-order valence-corrected chi connectivity index (χ2v) is 7.40. The van der Waals surface area contributed by atoms with Crippen LogP contribution in [-0.4, -0.2) is 60.8 Å². The van der Waals surface area contributed by atoms with Gasteiger partial charge in [0.05, 0.1) is 25.3 Å². The van der Waals surface area contributed by atoms with Crippen LogP contribution in [0.15, 0.2) is 12.1 Å². The van der Waals surface area contributed by atoms with Crippen molar-refractivity contribution in [3.8, 4) is 16.3 Å². The average molecular weight is 396 g/mol. The van der Waals surface area contributed by atoms with E-state index in [0.717, 1.165) is 28.4 Å². The van der Waals surface area contributed by atoms with Crippen molar-refractivity contribution in [2.45, 2.75) is 24.9 Å². The Balaban J connectivity index is 1.59. The second kappa shape index (κ2) is 6.20. The molecule has 8 nitrogen and oxygen atoms in total. The smallest absolute Gasteiger partial charge is 0.328 e.